The van der Waals surface area contributed by atoms with Gasteiger partial charge in [0.25, 0.3) is 0 Å². The van der Waals surface area contributed by atoms with E-state index in [0.29, 0.717) is 18.6 Å². The number of rotatable bonds is 7. The van der Waals surface area contributed by atoms with Crippen molar-refractivity contribution in [1.29, 1.82) is 0 Å². The molecular weight excluding hydrogens is 408 g/mol. The Bertz CT molecular complexity index is 841. The predicted molar refractivity (Wildman–Crippen MR) is 118 cm³/mol. The Labute approximate surface area is 179 Å². The number of piperidine rings is 1. The first-order valence-electron chi connectivity index (χ1n) is 10.3. The highest BCUT2D eigenvalue weighted by Gasteiger charge is 2.27. The molecule has 2 aliphatic rings. The number of likely N-dealkylation sites (tertiary alicyclic amines) is 1. The lowest BCUT2D eigenvalue weighted by atomic mass is 9.93. The number of hydrogen-bond acceptors (Lipinski definition) is 4. The van der Waals surface area contributed by atoms with Gasteiger partial charge in [-0.1, -0.05) is 42.3 Å². The maximum absolute atomic E-state index is 12.6. The lowest BCUT2D eigenvalue weighted by molar-refractivity contribution is 0.0438. The van der Waals surface area contributed by atoms with Crippen molar-refractivity contribution in [3.05, 3.63) is 53.1 Å². The summed E-state index contributed by atoms with van der Waals surface area (Å²) in [5.41, 5.74) is 1.05. The van der Waals surface area contributed by atoms with Crippen LogP contribution < -0.4 is 4.72 Å². The Hall–Kier alpha value is -1.18. The summed E-state index contributed by atoms with van der Waals surface area (Å²) < 4.78 is 27.8. The molecule has 1 aliphatic carbocycles. The molecule has 1 heterocycles. The second kappa shape index (κ2) is 9.75. The molecule has 0 radical (unpaired) electrons. The second-order valence-electron chi connectivity index (χ2n) is 8.19. The van der Waals surface area contributed by atoms with Gasteiger partial charge in [0.2, 0.25) is 10.0 Å². The van der Waals surface area contributed by atoms with Gasteiger partial charge in [-0.15, -0.1) is 0 Å². The molecule has 0 saturated carbocycles. The van der Waals surface area contributed by atoms with Crippen molar-refractivity contribution in [3.63, 3.8) is 0 Å². The second-order valence-corrected chi connectivity index (χ2v) is 10.4. The molecule has 1 aromatic rings. The van der Waals surface area contributed by atoms with Crippen LogP contribution >= 0.6 is 11.6 Å². The fraction of sp³-hybridized carbons (Fsp3) is 0.545. The van der Waals surface area contributed by atoms with Crippen LogP contribution in [0.15, 0.2) is 52.4 Å². The summed E-state index contributed by atoms with van der Waals surface area (Å²) in [5.74, 6) is 0.206. The average molecular weight is 439 g/mol. The van der Waals surface area contributed by atoms with Gasteiger partial charge in [0, 0.05) is 36.1 Å². The van der Waals surface area contributed by atoms with Gasteiger partial charge in [-0.25, -0.2) is 13.1 Å². The number of benzene rings is 1. The Balaban J connectivity index is 1.56. The van der Waals surface area contributed by atoms with E-state index in [1.807, 2.05) is 30.4 Å². The van der Waals surface area contributed by atoms with Crippen molar-refractivity contribution in [1.82, 2.24) is 9.62 Å². The SMILES string of the molecule is C[C@@H]1CCC[C@H](C)N1C[C@@H](O)CNS(=O)(=O)c1ccc(C2C=CC(Cl)=CC2)cc1. The minimum absolute atomic E-state index is 0.00861. The van der Waals surface area contributed by atoms with Crippen LogP contribution in [0, 0.1) is 0 Å². The highest BCUT2D eigenvalue weighted by molar-refractivity contribution is 7.89. The maximum Gasteiger partial charge on any atom is 0.240 e. The quantitative estimate of drug-likeness (QED) is 0.680. The Morgan fingerprint density at radius 1 is 1.21 bits per heavy atom. The van der Waals surface area contributed by atoms with E-state index < -0.39 is 16.1 Å². The average Bonchev–Trinajstić information content (AvgIpc) is 2.70. The highest BCUT2D eigenvalue weighted by atomic mass is 35.5. The molecule has 3 rings (SSSR count). The van der Waals surface area contributed by atoms with Crippen molar-refractivity contribution in [3.8, 4) is 0 Å². The number of nitrogens with zero attached hydrogens (tertiary/aromatic N) is 1. The summed E-state index contributed by atoms with van der Waals surface area (Å²) in [7, 11) is -3.66. The van der Waals surface area contributed by atoms with Gasteiger partial charge in [-0.05, 0) is 56.9 Å². The van der Waals surface area contributed by atoms with Gasteiger partial charge in [0.05, 0.1) is 11.0 Å². The van der Waals surface area contributed by atoms with Crippen LogP contribution in [0.1, 0.15) is 51.0 Å². The van der Waals surface area contributed by atoms with Crippen LogP contribution in [0.2, 0.25) is 0 Å². The number of sulfonamides is 1. The van der Waals surface area contributed by atoms with Crippen LogP contribution in [0.5, 0.6) is 0 Å². The lowest BCUT2D eigenvalue weighted by Crippen LogP contribution is -2.49. The molecule has 160 valence electrons. The van der Waals surface area contributed by atoms with Gasteiger partial charge in [-0.3, -0.25) is 4.90 Å². The van der Waals surface area contributed by atoms with Crippen molar-refractivity contribution in [2.75, 3.05) is 13.1 Å². The first-order chi connectivity index (χ1) is 13.8. The summed E-state index contributed by atoms with van der Waals surface area (Å²) >= 11 is 5.96. The zero-order valence-electron chi connectivity index (χ0n) is 17.1. The fourth-order valence-electron chi connectivity index (χ4n) is 4.17. The molecule has 0 aromatic heterocycles. The highest BCUT2D eigenvalue weighted by Crippen LogP contribution is 2.28. The first-order valence-corrected chi connectivity index (χ1v) is 12.2. The number of aliphatic hydroxyl groups excluding tert-OH is 1. The number of halogens is 1. The van der Waals surface area contributed by atoms with E-state index in [-0.39, 0.29) is 17.4 Å². The van der Waals surface area contributed by atoms with E-state index >= 15 is 0 Å². The minimum Gasteiger partial charge on any atom is -0.390 e. The standard InChI is InChI=1S/C22H31ClN2O3S/c1-16-4-3-5-17(2)25(16)15-21(26)14-24-29(27,28)22-12-8-19(9-13-22)18-6-10-20(23)11-7-18/h6,8-13,16-18,21,24,26H,3-5,7,14-15H2,1-2H3/t16-,17+,18?,21-/m0/s1. The van der Waals surface area contributed by atoms with E-state index in [9.17, 15) is 13.5 Å². The molecular formula is C22H31ClN2O3S. The Kier molecular flexibility index (Phi) is 7.57. The molecule has 0 amide bonds. The Morgan fingerprint density at radius 2 is 1.86 bits per heavy atom. The largest absolute Gasteiger partial charge is 0.390 e. The molecule has 1 fully saturated rings. The molecule has 0 spiro atoms. The third-order valence-corrected chi connectivity index (χ3v) is 7.70. The number of allylic oxidation sites excluding steroid dienone is 4. The van der Waals surface area contributed by atoms with Crippen molar-refractivity contribution in [2.45, 2.75) is 68.5 Å². The molecule has 5 nitrogen and oxygen atoms in total. The van der Waals surface area contributed by atoms with Gasteiger partial charge in [0.1, 0.15) is 0 Å². The molecule has 2 N–H and O–H groups in total. The summed E-state index contributed by atoms with van der Waals surface area (Å²) in [6.07, 6.45) is 9.37. The van der Waals surface area contributed by atoms with Crippen molar-refractivity contribution < 1.29 is 13.5 Å². The fourth-order valence-corrected chi connectivity index (χ4v) is 5.40. The topological polar surface area (TPSA) is 69.6 Å². The number of nitrogens with one attached hydrogen (secondary N) is 1. The van der Waals surface area contributed by atoms with Gasteiger partial charge in [0.15, 0.2) is 0 Å². The van der Waals surface area contributed by atoms with Crippen LogP contribution in [-0.4, -0.2) is 49.7 Å². The molecule has 0 bridgehead atoms. The van der Waals surface area contributed by atoms with Gasteiger partial charge in [-0.2, -0.15) is 0 Å². The summed E-state index contributed by atoms with van der Waals surface area (Å²) in [4.78, 5) is 2.48. The maximum atomic E-state index is 12.6. The Morgan fingerprint density at radius 3 is 2.45 bits per heavy atom. The first kappa shape index (κ1) is 22.5. The van der Waals surface area contributed by atoms with Gasteiger partial charge >= 0.3 is 0 Å². The number of β-amino-alcohol motifs (C(OH)–C–C–N with tert-alkyl or cyclic N) is 1. The molecule has 1 aliphatic heterocycles. The lowest BCUT2D eigenvalue weighted by Gasteiger charge is -2.40. The monoisotopic (exact) mass is 438 g/mol. The van der Waals surface area contributed by atoms with Gasteiger partial charge < -0.3 is 5.11 Å². The van der Waals surface area contributed by atoms with Crippen molar-refractivity contribution >= 4 is 21.6 Å². The summed E-state index contributed by atoms with van der Waals surface area (Å²) in [6, 6.07) is 7.74. The van der Waals surface area contributed by atoms with E-state index in [1.165, 1.54) is 6.42 Å². The molecule has 29 heavy (non-hydrogen) atoms. The van der Waals surface area contributed by atoms with Crippen molar-refractivity contribution in [2.24, 2.45) is 0 Å². The zero-order valence-corrected chi connectivity index (χ0v) is 18.7. The molecule has 4 atom stereocenters. The van der Waals surface area contributed by atoms with E-state index in [1.54, 1.807) is 12.1 Å². The summed E-state index contributed by atoms with van der Waals surface area (Å²) in [5, 5.41) is 11.1. The van der Waals surface area contributed by atoms with Crippen LogP contribution in [0.4, 0.5) is 0 Å². The minimum atomic E-state index is -3.66. The third kappa shape index (κ3) is 5.92. The molecule has 1 saturated heterocycles. The smallest absolute Gasteiger partial charge is 0.240 e. The number of aliphatic hydroxyl groups is 1. The van der Waals surface area contributed by atoms with E-state index in [2.05, 4.69) is 23.5 Å². The summed E-state index contributed by atoms with van der Waals surface area (Å²) in [6.45, 7) is 4.82. The molecule has 1 aromatic carbocycles. The van der Waals surface area contributed by atoms with Crippen LogP contribution in [-0.2, 0) is 10.0 Å². The predicted octanol–water partition coefficient (Wildman–Crippen LogP) is 3.75. The molecule has 1 unspecified atom stereocenters. The normalized spacial score (nSPS) is 26.9. The van der Waals surface area contributed by atoms with Crippen LogP contribution in [0.25, 0.3) is 0 Å². The van der Waals surface area contributed by atoms with Crippen LogP contribution in [0.3, 0.4) is 0 Å². The van der Waals surface area contributed by atoms with E-state index in [4.69, 9.17) is 11.6 Å². The third-order valence-electron chi connectivity index (χ3n) is 5.98. The molecule has 7 heteroatoms. The van der Waals surface area contributed by atoms with E-state index in [0.717, 1.165) is 29.9 Å². The zero-order chi connectivity index (χ0) is 21.0. The number of hydrogen-bond donors (Lipinski definition) is 2.